The van der Waals surface area contributed by atoms with Gasteiger partial charge in [-0.25, -0.2) is 18.4 Å². The Morgan fingerprint density at radius 2 is 2.10 bits per heavy atom. The molecule has 1 unspecified atom stereocenters. The number of anilines is 1. The number of amides is 2. The van der Waals surface area contributed by atoms with Gasteiger partial charge in [0.2, 0.25) is 0 Å². The van der Waals surface area contributed by atoms with Crippen LogP contribution < -0.4 is 10.6 Å². The number of carbonyl (C=O) groups excluding carboxylic acids is 1. The highest BCUT2D eigenvalue weighted by Gasteiger charge is 2.21. The third kappa shape index (κ3) is 5.16. The third-order valence-electron chi connectivity index (χ3n) is 2.46. The largest absolute Gasteiger partial charge is 0.480 e. The maximum Gasteiger partial charge on any atom is 0.326 e. The van der Waals surface area contributed by atoms with Crippen LogP contribution in [0.5, 0.6) is 0 Å². The molecule has 0 aliphatic rings. The molecule has 1 atom stereocenters. The number of hydrogen-bond donors (Lipinski definition) is 3. The van der Waals surface area contributed by atoms with E-state index in [0.717, 1.165) is 6.07 Å². The van der Waals surface area contributed by atoms with Crippen LogP contribution in [-0.4, -0.2) is 36.9 Å². The lowest BCUT2D eigenvalue weighted by Gasteiger charge is -2.15. The first-order valence-electron chi connectivity index (χ1n) is 5.79. The van der Waals surface area contributed by atoms with E-state index in [2.05, 4.69) is 5.32 Å². The minimum Gasteiger partial charge on any atom is -0.480 e. The lowest BCUT2D eigenvalue weighted by molar-refractivity contribution is -0.139. The van der Waals surface area contributed by atoms with Crippen molar-refractivity contribution in [3.05, 3.63) is 28.8 Å². The minimum atomic E-state index is -1.27. The van der Waals surface area contributed by atoms with Gasteiger partial charge in [0.1, 0.15) is 11.9 Å². The van der Waals surface area contributed by atoms with E-state index in [9.17, 15) is 18.4 Å². The molecular weight excluding hydrogens is 310 g/mol. The van der Waals surface area contributed by atoms with Gasteiger partial charge in [-0.1, -0.05) is 11.6 Å². The molecule has 0 radical (unpaired) electrons. The van der Waals surface area contributed by atoms with Crippen LogP contribution in [0, 0.1) is 11.6 Å². The molecule has 0 saturated carbocycles. The van der Waals surface area contributed by atoms with Crippen molar-refractivity contribution >= 4 is 29.3 Å². The summed E-state index contributed by atoms with van der Waals surface area (Å²) in [6.07, 6.45) is 0.0267. The van der Waals surface area contributed by atoms with E-state index in [1.54, 1.807) is 0 Å². The van der Waals surface area contributed by atoms with Crippen LogP contribution in [0.3, 0.4) is 0 Å². The number of rotatable bonds is 6. The fourth-order valence-corrected chi connectivity index (χ4v) is 1.70. The van der Waals surface area contributed by atoms with Crippen LogP contribution in [0.25, 0.3) is 0 Å². The van der Waals surface area contributed by atoms with Crippen molar-refractivity contribution in [2.45, 2.75) is 12.5 Å². The first-order valence-corrected chi connectivity index (χ1v) is 6.16. The summed E-state index contributed by atoms with van der Waals surface area (Å²) in [6, 6.07) is -0.834. The molecule has 21 heavy (non-hydrogen) atoms. The standard InChI is InChI=1S/C12H13ClF2N2O4/c1-21-3-2-9(11(18)19)16-12(20)17-10-7(13)4-6(14)5-8(10)15/h4-5,9H,2-3H2,1H3,(H,18,19)(H2,16,17,20). The number of ether oxygens (including phenoxy) is 1. The van der Waals surface area contributed by atoms with Crippen LogP contribution in [0.1, 0.15) is 6.42 Å². The summed E-state index contributed by atoms with van der Waals surface area (Å²) in [6.45, 7) is 0.114. The van der Waals surface area contributed by atoms with Crippen LogP contribution >= 0.6 is 11.6 Å². The van der Waals surface area contributed by atoms with E-state index in [0.29, 0.717) is 6.07 Å². The van der Waals surface area contributed by atoms with Crippen molar-refractivity contribution in [3.63, 3.8) is 0 Å². The second-order valence-electron chi connectivity index (χ2n) is 4.02. The van der Waals surface area contributed by atoms with Crippen molar-refractivity contribution < 1.29 is 28.2 Å². The first-order chi connectivity index (χ1) is 9.85. The zero-order valence-electron chi connectivity index (χ0n) is 11.0. The van der Waals surface area contributed by atoms with Gasteiger partial charge in [0.15, 0.2) is 5.82 Å². The van der Waals surface area contributed by atoms with Gasteiger partial charge in [-0.3, -0.25) is 0 Å². The molecule has 0 fully saturated rings. The third-order valence-corrected chi connectivity index (χ3v) is 2.76. The van der Waals surface area contributed by atoms with E-state index in [1.165, 1.54) is 7.11 Å². The number of nitrogens with one attached hydrogen (secondary N) is 2. The Hall–Kier alpha value is -1.93. The summed E-state index contributed by atoms with van der Waals surface area (Å²) in [5.41, 5.74) is -0.438. The Balaban J connectivity index is 2.74. The fourth-order valence-electron chi connectivity index (χ4n) is 1.46. The van der Waals surface area contributed by atoms with Gasteiger partial charge >= 0.3 is 12.0 Å². The molecule has 0 spiro atoms. The molecule has 0 aromatic heterocycles. The van der Waals surface area contributed by atoms with E-state index in [1.807, 2.05) is 5.32 Å². The summed E-state index contributed by atoms with van der Waals surface area (Å²) >= 11 is 5.60. The molecule has 0 bridgehead atoms. The Bertz CT molecular complexity index is 519. The normalized spacial score (nSPS) is 11.8. The molecule has 1 aromatic rings. The van der Waals surface area contributed by atoms with Gasteiger partial charge in [-0.05, 0) is 6.07 Å². The van der Waals surface area contributed by atoms with Crippen molar-refractivity contribution in [1.29, 1.82) is 0 Å². The molecule has 2 amide bonds. The lowest BCUT2D eigenvalue weighted by atomic mass is 10.2. The number of carboxylic acid groups (broad SMARTS) is 1. The molecule has 6 nitrogen and oxygen atoms in total. The number of carboxylic acids is 1. The molecule has 9 heteroatoms. The smallest absolute Gasteiger partial charge is 0.326 e. The number of urea groups is 1. The highest BCUT2D eigenvalue weighted by atomic mass is 35.5. The zero-order valence-corrected chi connectivity index (χ0v) is 11.7. The van der Waals surface area contributed by atoms with Crippen LogP contribution in [0.4, 0.5) is 19.3 Å². The average Bonchev–Trinajstić information content (AvgIpc) is 2.38. The number of benzene rings is 1. The van der Waals surface area contributed by atoms with E-state index < -0.39 is 35.4 Å². The molecular formula is C12H13ClF2N2O4. The Labute approximate surface area is 124 Å². The summed E-state index contributed by atoms with van der Waals surface area (Å²) in [5.74, 6) is -3.24. The quantitative estimate of drug-likeness (QED) is 0.749. The van der Waals surface area contributed by atoms with Crippen LogP contribution in [-0.2, 0) is 9.53 Å². The highest BCUT2D eigenvalue weighted by molar-refractivity contribution is 6.33. The summed E-state index contributed by atoms with van der Waals surface area (Å²) < 4.78 is 31.0. The van der Waals surface area contributed by atoms with Crippen molar-refractivity contribution in [2.24, 2.45) is 0 Å². The molecule has 116 valence electrons. The van der Waals surface area contributed by atoms with Gasteiger partial charge in [-0.15, -0.1) is 0 Å². The molecule has 1 aromatic carbocycles. The van der Waals surface area contributed by atoms with E-state index in [4.69, 9.17) is 21.4 Å². The lowest BCUT2D eigenvalue weighted by Crippen LogP contribution is -2.43. The molecule has 1 rings (SSSR count). The maximum atomic E-state index is 13.5. The van der Waals surface area contributed by atoms with Crippen molar-refractivity contribution in [2.75, 3.05) is 19.0 Å². The van der Waals surface area contributed by atoms with Gasteiger partial charge in [-0.2, -0.15) is 0 Å². The van der Waals surface area contributed by atoms with Gasteiger partial charge in [0, 0.05) is 26.2 Å². The van der Waals surface area contributed by atoms with Crippen LogP contribution in [0.2, 0.25) is 5.02 Å². The molecule has 0 heterocycles. The van der Waals surface area contributed by atoms with Gasteiger partial charge in [0.05, 0.1) is 10.7 Å². The summed E-state index contributed by atoms with van der Waals surface area (Å²) in [5, 5.41) is 12.7. The fraction of sp³-hybridized carbons (Fsp3) is 0.333. The van der Waals surface area contributed by atoms with Crippen molar-refractivity contribution in [3.8, 4) is 0 Å². The van der Waals surface area contributed by atoms with Crippen LogP contribution in [0.15, 0.2) is 12.1 Å². The minimum absolute atomic E-state index is 0.0267. The second kappa shape index (κ2) is 7.75. The first kappa shape index (κ1) is 17.1. The number of carbonyl (C=O) groups is 2. The molecule has 3 N–H and O–H groups in total. The van der Waals surface area contributed by atoms with Gasteiger partial charge in [0.25, 0.3) is 0 Å². The van der Waals surface area contributed by atoms with E-state index >= 15 is 0 Å². The number of halogens is 3. The molecule has 0 saturated heterocycles. The number of hydrogen-bond acceptors (Lipinski definition) is 3. The number of methoxy groups -OCH3 is 1. The predicted molar refractivity (Wildman–Crippen MR) is 71.4 cm³/mol. The summed E-state index contributed by atoms with van der Waals surface area (Å²) in [4.78, 5) is 22.6. The zero-order chi connectivity index (χ0) is 16.0. The SMILES string of the molecule is COCCC(NC(=O)Nc1c(F)cc(F)cc1Cl)C(=O)O. The maximum absolute atomic E-state index is 13.5. The topological polar surface area (TPSA) is 87.7 Å². The van der Waals surface area contributed by atoms with Crippen molar-refractivity contribution in [1.82, 2.24) is 5.32 Å². The monoisotopic (exact) mass is 322 g/mol. The summed E-state index contributed by atoms with van der Waals surface area (Å²) in [7, 11) is 1.38. The highest BCUT2D eigenvalue weighted by Crippen LogP contribution is 2.26. The Morgan fingerprint density at radius 3 is 2.62 bits per heavy atom. The van der Waals surface area contributed by atoms with Gasteiger partial charge < -0.3 is 20.5 Å². The molecule has 0 aliphatic heterocycles. The Morgan fingerprint density at radius 1 is 1.43 bits per heavy atom. The predicted octanol–water partition coefficient (Wildman–Crippen LogP) is 2.23. The second-order valence-corrected chi connectivity index (χ2v) is 4.42. The molecule has 0 aliphatic carbocycles. The van der Waals surface area contributed by atoms with E-state index in [-0.39, 0.29) is 18.1 Å². The number of aliphatic carboxylic acids is 1. The Kier molecular flexibility index (Phi) is 6.32. The average molecular weight is 323 g/mol.